The van der Waals surface area contributed by atoms with Crippen molar-refractivity contribution in [2.45, 2.75) is 35.8 Å². The maximum Gasteiger partial charge on any atom is 0.341 e. The lowest BCUT2D eigenvalue weighted by atomic mass is 9.95. The van der Waals surface area contributed by atoms with Crippen LogP contribution < -0.4 is 15.4 Å². The van der Waals surface area contributed by atoms with Crippen LogP contribution in [0.4, 0.5) is 10.7 Å². The third-order valence-electron chi connectivity index (χ3n) is 6.62. The molecular formula is C32H30N2O5S2. The van der Waals surface area contributed by atoms with Crippen LogP contribution in [0.25, 0.3) is 0 Å². The largest absolute Gasteiger partial charge is 0.484 e. The number of anilines is 2. The fraction of sp³-hybridized carbons (Fsp3) is 0.219. The Bertz CT molecular complexity index is 1520. The van der Waals surface area contributed by atoms with Gasteiger partial charge in [-0.3, -0.25) is 9.59 Å². The number of aryl methyl sites for hydroxylation is 1. The molecule has 0 aliphatic heterocycles. The number of amides is 2. The first-order valence-corrected chi connectivity index (χ1v) is 15.0. The second-order valence-electron chi connectivity index (χ2n) is 9.48. The summed E-state index contributed by atoms with van der Waals surface area (Å²) < 4.78 is 10.6. The Morgan fingerprint density at radius 3 is 2.39 bits per heavy atom. The van der Waals surface area contributed by atoms with Crippen molar-refractivity contribution in [2.24, 2.45) is 0 Å². The number of hydrogen-bond donors (Lipinski definition) is 2. The van der Waals surface area contributed by atoms with Crippen molar-refractivity contribution in [3.8, 4) is 5.75 Å². The van der Waals surface area contributed by atoms with Gasteiger partial charge in [-0.2, -0.15) is 0 Å². The van der Waals surface area contributed by atoms with E-state index >= 15 is 0 Å². The average molecular weight is 587 g/mol. The molecule has 1 aliphatic rings. The highest BCUT2D eigenvalue weighted by Gasteiger charge is 2.29. The van der Waals surface area contributed by atoms with Crippen LogP contribution in [0.3, 0.4) is 0 Å². The highest BCUT2D eigenvalue weighted by molar-refractivity contribution is 8.00. The third-order valence-corrected chi connectivity index (χ3v) is 9.08. The Hall–Kier alpha value is -4.08. The van der Waals surface area contributed by atoms with Gasteiger partial charge in [0.15, 0.2) is 6.61 Å². The maximum atomic E-state index is 13.8. The molecule has 5 rings (SSSR count). The third kappa shape index (κ3) is 7.17. The Labute approximate surface area is 247 Å². The van der Waals surface area contributed by atoms with Crippen molar-refractivity contribution < 1.29 is 23.9 Å². The molecule has 0 radical (unpaired) electrons. The van der Waals surface area contributed by atoms with Gasteiger partial charge in [-0.1, -0.05) is 54.6 Å². The number of thiophene rings is 1. The Balaban J connectivity index is 1.33. The predicted molar refractivity (Wildman–Crippen MR) is 163 cm³/mol. The molecule has 9 heteroatoms. The summed E-state index contributed by atoms with van der Waals surface area (Å²) in [6.45, 7) is -0.121. The van der Waals surface area contributed by atoms with E-state index in [9.17, 15) is 14.4 Å². The number of methoxy groups -OCH3 is 1. The maximum absolute atomic E-state index is 13.8. The van der Waals surface area contributed by atoms with Gasteiger partial charge in [-0.15, -0.1) is 23.1 Å². The van der Waals surface area contributed by atoms with E-state index in [-0.39, 0.29) is 18.4 Å². The number of esters is 1. The molecule has 7 nitrogen and oxygen atoms in total. The number of carbonyl (C=O) groups excluding carboxylic acids is 3. The molecule has 1 aromatic heterocycles. The van der Waals surface area contributed by atoms with Crippen LogP contribution in [0.2, 0.25) is 0 Å². The molecule has 1 aliphatic carbocycles. The predicted octanol–water partition coefficient (Wildman–Crippen LogP) is 6.90. The van der Waals surface area contributed by atoms with Crippen LogP contribution in [-0.4, -0.2) is 31.5 Å². The summed E-state index contributed by atoms with van der Waals surface area (Å²) in [5.41, 5.74) is 2.89. The number of hydrogen-bond acceptors (Lipinski definition) is 7. The van der Waals surface area contributed by atoms with Crippen molar-refractivity contribution in [1.82, 2.24) is 0 Å². The Morgan fingerprint density at radius 2 is 1.63 bits per heavy atom. The minimum absolute atomic E-state index is 0.121. The number of ether oxygens (including phenoxy) is 2. The van der Waals surface area contributed by atoms with Crippen LogP contribution in [0.15, 0.2) is 89.8 Å². The van der Waals surface area contributed by atoms with Crippen molar-refractivity contribution in [2.75, 3.05) is 24.4 Å². The van der Waals surface area contributed by atoms with Crippen LogP contribution >= 0.6 is 23.1 Å². The molecule has 0 saturated heterocycles. The quantitative estimate of drug-likeness (QED) is 0.155. The number of fused-ring (bicyclic) bond motifs is 1. The summed E-state index contributed by atoms with van der Waals surface area (Å²) in [7, 11) is 1.36. The monoisotopic (exact) mass is 586 g/mol. The molecule has 2 amide bonds. The molecule has 1 heterocycles. The number of thioether (sulfide) groups is 1. The van der Waals surface area contributed by atoms with Crippen LogP contribution in [0.1, 0.15) is 44.5 Å². The van der Waals surface area contributed by atoms with E-state index in [0.717, 1.165) is 46.6 Å². The number of para-hydroxylation sites is 1. The summed E-state index contributed by atoms with van der Waals surface area (Å²) in [5, 5.41) is 5.85. The molecule has 0 bridgehead atoms. The standard InChI is InChI=1S/C32H30N2O5S2/c1-38-32(37)28-25-17-8-9-18-26(25)41-31(28)34-30(36)29(21-11-4-2-5-12-21)40-24-16-10-13-22(19-24)33-27(35)20-39-23-14-6-3-7-15-23/h2-7,10-16,19,29H,8-9,17-18,20H2,1H3,(H,33,35)(H,34,36). The van der Waals surface area contributed by atoms with E-state index in [1.807, 2.05) is 66.7 Å². The minimum Gasteiger partial charge on any atom is -0.484 e. The first-order valence-electron chi connectivity index (χ1n) is 13.3. The molecule has 41 heavy (non-hydrogen) atoms. The normalized spacial score (nSPS) is 13.0. The number of rotatable bonds is 10. The van der Waals surface area contributed by atoms with E-state index in [2.05, 4.69) is 10.6 Å². The lowest BCUT2D eigenvalue weighted by Crippen LogP contribution is -2.21. The van der Waals surface area contributed by atoms with Gasteiger partial charge in [-0.25, -0.2) is 4.79 Å². The molecule has 0 saturated carbocycles. The summed E-state index contributed by atoms with van der Waals surface area (Å²) in [4.78, 5) is 41.0. The first kappa shape index (κ1) is 28.4. The SMILES string of the molecule is COC(=O)c1c(NC(=O)C(Sc2cccc(NC(=O)COc3ccccc3)c2)c2ccccc2)sc2c1CCCC2. The lowest BCUT2D eigenvalue weighted by molar-refractivity contribution is -0.118. The van der Waals surface area contributed by atoms with Gasteiger partial charge in [0.1, 0.15) is 16.0 Å². The zero-order chi connectivity index (χ0) is 28.6. The van der Waals surface area contributed by atoms with Crippen molar-refractivity contribution in [3.63, 3.8) is 0 Å². The average Bonchev–Trinajstić information content (AvgIpc) is 3.37. The Kier molecular flexibility index (Phi) is 9.38. The molecule has 2 N–H and O–H groups in total. The van der Waals surface area contributed by atoms with E-state index in [1.165, 1.54) is 30.2 Å². The van der Waals surface area contributed by atoms with E-state index in [1.54, 1.807) is 18.2 Å². The van der Waals surface area contributed by atoms with Crippen molar-refractivity contribution >= 4 is 51.6 Å². The fourth-order valence-corrected chi connectivity index (χ4v) is 7.06. The van der Waals surface area contributed by atoms with Crippen LogP contribution in [0, 0.1) is 0 Å². The zero-order valence-electron chi connectivity index (χ0n) is 22.6. The van der Waals surface area contributed by atoms with Gasteiger partial charge >= 0.3 is 5.97 Å². The first-order chi connectivity index (χ1) is 20.0. The van der Waals surface area contributed by atoms with Gasteiger partial charge in [0.2, 0.25) is 5.91 Å². The molecular weight excluding hydrogens is 556 g/mol. The topological polar surface area (TPSA) is 93.7 Å². The Morgan fingerprint density at radius 1 is 0.902 bits per heavy atom. The van der Waals surface area contributed by atoms with Crippen molar-refractivity contribution in [3.05, 3.63) is 106 Å². The van der Waals surface area contributed by atoms with Gasteiger partial charge < -0.3 is 20.1 Å². The second kappa shape index (κ2) is 13.5. The summed E-state index contributed by atoms with van der Waals surface area (Å²) in [5.74, 6) is -0.338. The molecule has 4 aromatic rings. The van der Waals surface area contributed by atoms with Crippen LogP contribution in [-0.2, 0) is 27.2 Å². The van der Waals surface area contributed by atoms with Gasteiger partial charge in [-0.05, 0) is 67.1 Å². The molecule has 3 aromatic carbocycles. The number of nitrogens with one attached hydrogen (secondary N) is 2. The van der Waals surface area contributed by atoms with Gasteiger partial charge in [0.25, 0.3) is 5.91 Å². The molecule has 0 spiro atoms. The minimum atomic E-state index is -0.604. The molecule has 0 fully saturated rings. The summed E-state index contributed by atoms with van der Waals surface area (Å²) in [6, 6.07) is 26.0. The smallest absolute Gasteiger partial charge is 0.341 e. The van der Waals surface area contributed by atoms with E-state index in [0.29, 0.717) is 22.0 Å². The van der Waals surface area contributed by atoms with E-state index in [4.69, 9.17) is 9.47 Å². The molecule has 1 atom stereocenters. The van der Waals surface area contributed by atoms with Gasteiger partial charge in [0, 0.05) is 15.5 Å². The molecule has 1 unspecified atom stereocenters. The fourth-order valence-electron chi connectivity index (χ4n) is 4.70. The van der Waals surface area contributed by atoms with Crippen molar-refractivity contribution in [1.29, 1.82) is 0 Å². The zero-order valence-corrected chi connectivity index (χ0v) is 24.2. The van der Waals surface area contributed by atoms with Crippen LogP contribution in [0.5, 0.6) is 5.75 Å². The summed E-state index contributed by atoms with van der Waals surface area (Å²) in [6.07, 6.45) is 3.77. The number of benzene rings is 3. The number of carbonyl (C=O) groups is 3. The second-order valence-corrected chi connectivity index (χ2v) is 11.8. The summed E-state index contributed by atoms with van der Waals surface area (Å²) >= 11 is 2.83. The van der Waals surface area contributed by atoms with Gasteiger partial charge in [0.05, 0.1) is 12.7 Å². The van der Waals surface area contributed by atoms with E-state index < -0.39 is 11.2 Å². The molecule has 210 valence electrons. The highest BCUT2D eigenvalue weighted by atomic mass is 32.2. The lowest BCUT2D eigenvalue weighted by Gasteiger charge is -2.18. The highest BCUT2D eigenvalue weighted by Crippen LogP contribution is 2.41.